The molecule has 0 spiro atoms. The molecule has 0 atom stereocenters. The quantitative estimate of drug-likeness (QED) is 0.776. The van der Waals surface area contributed by atoms with Crippen LogP contribution >= 0.6 is 0 Å². The third-order valence-corrected chi connectivity index (χ3v) is 4.09. The molecule has 0 unspecified atom stereocenters. The summed E-state index contributed by atoms with van der Waals surface area (Å²) in [6.07, 6.45) is 0. The van der Waals surface area contributed by atoms with E-state index in [-0.39, 0.29) is 5.91 Å². The molecular formula is C20H21N3O. The maximum Gasteiger partial charge on any atom is 0.252 e. The minimum absolute atomic E-state index is 0.0887. The Balaban J connectivity index is 1.87. The Bertz CT molecular complexity index is 903. The highest BCUT2D eigenvalue weighted by atomic mass is 16.1. The Morgan fingerprint density at radius 3 is 2.62 bits per heavy atom. The van der Waals surface area contributed by atoms with Gasteiger partial charge in [-0.2, -0.15) is 0 Å². The molecule has 0 bridgehead atoms. The molecule has 0 aliphatic rings. The van der Waals surface area contributed by atoms with E-state index in [1.54, 1.807) is 0 Å². The van der Waals surface area contributed by atoms with E-state index in [4.69, 9.17) is 5.73 Å². The molecule has 0 aliphatic carbocycles. The Hall–Kier alpha value is -2.72. The van der Waals surface area contributed by atoms with Crippen molar-refractivity contribution in [3.63, 3.8) is 0 Å². The maximum absolute atomic E-state index is 12.7. The van der Waals surface area contributed by atoms with Crippen LogP contribution in [0, 0.1) is 13.8 Å². The number of nitrogens with two attached hydrogens (primary N) is 1. The summed E-state index contributed by atoms with van der Waals surface area (Å²) in [5.74, 6) is -0.0887. The normalized spacial score (nSPS) is 10.8. The highest BCUT2D eigenvalue weighted by molar-refractivity contribution is 6.06. The van der Waals surface area contributed by atoms with Crippen molar-refractivity contribution in [2.45, 2.75) is 26.9 Å². The molecule has 24 heavy (non-hydrogen) atoms. The van der Waals surface area contributed by atoms with Crippen LogP contribution in [0.4, 0.5) is 0 Å². The molecule has 1 aromatic heterocycles. The van der Waals surface area contributed by atoms with Crippen LogP contribution in [-0.2, 0) is 13.1 Å². The number of nitrogens with one attached hydrogen (secondary N) is 1. The number of amides is 1. The third-order valence-electron chi connectivity index (χ3n) is 4.09. The van der Waals surface area contributed by atoms with E-state index < -0.39 is 0 Å². The molecule has 4 heteroatoms. The summed E-state index contributed by atoms with van der Waals surface area (Å²) >= 11 is 0. The number of rotatable bonds is 4. The molecule has 0 aliphatic heterocycles. The number of fused-ring (bicyclic) bond motifs is 1. The maximum atomic E-state index is 12.7. The van der Waals surface area contributed by atoms with Gasteiger partial charge >= 0.3 is 0 Å². The fourth-order valence-corrected chi connectivity index (χ4v) is 2.85. The fourth-order valence-electron chi connectivity index (χ4n) is 2.85. The van der Waals surface area contributed by atoms with E-state index in [2.05, 4.69) is 10.3 Å². The Labute approximate surface area is 141 Å². The molecular weight excluding hydrogens is 298 g/mol. The molecule has 122 valence electrons. The molecule has 4 nitrogen and oxygen atoms in total. The number of hydrogen-bond donors (Lipinski definition) is 2. The lowest BCUT2D eigenvalue weighted by Crippen LogP contribution is -2.23. The number of carbonyl (C=O) groups excluding carboxylic acids is 1. The van der Waals surface area contributed by atoms with Gasteiger partial charge in [0, 0.05) is 24.2 Å². The van der Waals surface area contributed by atoms with Crippen molar-refractivity contribution in [2.75, 3.05) is 0 Å². The first-order valence-electron chi connectivity index (χ1n) is 8.01. The van der Waals surface area contributed by atoms with Gasteiger partial charge in [0.05, 0.1) is 11.1 Å². The van der Waals surface area contributed by atoms with Crippen LogP contribution in [0.1, 0.15) is 32.7 Å². The van der Waals surface area contributed by atoms with E-state index in [0.717, 1.165) is 33.3 Å². The van der Waals surface area contributed by atoms with Crippen molar-refractivity contribution in [1.82, 2.24) is 10.3 Å². The summed E-state index contributed by atoms with van der Waals surface area (Å²) in [6.45, 7) is 4.89. The molecule has 1 amide bonds. The lowest BCUT2D eigenvalue weighted by molar-refractivity contribution is 0.0952. The smallest absolute Gasteiger partial charge is 0.252 e. The van der Waals surface area contributed by atoms with E-state index in [1.807, 2.05) is 62.4 Å². The van der Waals surface area contributed by atoms with Crippen LogP contribution in [-0.4, -0.2) is 10.9 Å². The Kier molecular flexibility index (Phi) is 4.58. The summed E-state index contributed by atoms with van der Waals surface area (Å²) in [5.41, 5.74) is 11.2. The molecule has 0 fully saturated rings. The zero-order valence-corrected chi connectivity index (χ0v) is 14.0. The summed E-state index contributed by atoms with van der Waals surface area (Å²) in [5, 5.41) is 3.88. The van der Waals surface area contributed by atoms with Crippen LogP contribution in [0.25, 0.3) is 10.9 Å². The molecule has 0 saturated carbocycles. The van der Waals surface area contributed by atoms with Crippen molar-refractivity contribution in [1.29, 1.82) is 0 Å². The number of hydrogen-bond acceptors (Lipinski definition) is 3. The monoisotopic (exact) mass is 319 g/mol. The van der Waals surface area contributed by atoms with Gasteiger partial charge in [0.2, 0.25) is 0 Å². The minimum atomic E-state index is -0.0887. The van der Waals surface area contributed by atoms with E-state index in [9.17, 15) is 4.79 Å². The summed E-state index contributed by atoms with van der Waals surface area (Å²) in [7, 11) is 0. The van der Waals surface area contributed by atoms with Crippen molar-refractivity contribution in [3.8, 4) is 0 Å². The number of aromatic nitrogens is 1. The molecule has 0 radical (unpaired) electrons. The fraction of sp³-hybridized carbons (Fsp3) is 0.200. The molecule has 3 aromatic rings. The van der Waals surface area contributed by atoms with Gasteiger partial charge in [-0.15, -0.1) is 0 Å². The topological polar surface area (TPSA) is 68.0 Å². The highest BCUT2D eigenvalue weighted by Gasteiger charge is 2.13. The van der Waals surface area contributed by atoms with Crippen molar-refractivity contribution >= 4 is 16.8 Å². The molecule has 3 rings (SSSR count). The molecule has 3 N–H and O–H groups in total. The van der Waals surface area contributed by atoms with E-state index in [0.29, 0.717) is 18.7 Å². The predicted octanol–water partition coefficient (Wildman–Crippen LogP) is 3.24. The predicted molar refractivity (Wildman–Crippen MR) is 96.7 cm³/mol. The largest absolute Gasteiger partial charge is 0.348 e. The standard InChI is InChI=1S/C20H21N3O/c1-13-5-3-8-17-18(9-14(2)23-19(13)17)20(24)22-12-16-7-4-6-15(10-16)11-21/h3-10H,11-12,21H2,1-2H3,(H,22,24). The second-order valence-corrected chi connectivity index (χ2v) is 5.99. The average molecular weight is 319 g/mol. The van der Waals surface area contributed by atoms with Crippen molar-refractivity contribution in [3.05, 3.63) is 76.5 Å². The number of pyridine rings is 1. The summed E-state index contributed by atoms with van der Waals surface area (Å²) < 4.78 is 0. The lowest BCUT2D eigenvalue weighted by Gasteiger charge is -2.11. The van der Waals surface area contributed by atoms with Crippen LogP contribution in [0.5, 0.6) is 0 Å². The van der Waals surface area contributed by atoms with Gasteiger partial charge < -0.3 is 11.1 Å². The van der Waals surface area contributed by atoms with Crippen LogP contribution in [0.3, 0.4) is 0 Å². The zero-order chi connectivity index (χ0) is 17.1. The number of nitrogens with zero attached hydrogens (tertiary/aromatic N) is 1. The van der Waals surface area contributed by atoms with Gasteiger partial charge in [-0.3, -0.25) is 9.78 Å². The first-order valence-corrected chi connectivity index (χ1v) is 8.01. The summed E-state index contributed by atoms with van der Waals surface area (Å²) in [6, 6.07) is 15.7. The zero-order valence-electron chi connectivity index (χ0n) is 14.0. The van der Waals surface area contributed by atoms with Gasteiger partial charge in [0.25, 0.3) is 5.91 Å². The average Bonchev–Trinajstić information content (AvgIpc) is 2.60. The lowest BCUT2D eigenvalue weighted by atomic mass is 10.0. The number of aryl methyl sites for hydroxylation is 2. The van der Waals surface area contributed by atoms with Crippen molar-refractivity contribution < 1.29 is 4.79 Å². The highest BCUT2D eigenvalue weighted by Crippen LogP contribution is 2.21. The van der Waals surface area contributed by atoms with Gasteiger partial charge in [-0.05, 0) is 36.6 Å². The molecule has 0 saturated heterocycles. The van der Waals surface area contributed by atoms with Gasteiger partial charge in [-0.25, -0.2) is 0 Å². The van der Waals surface area contributed by atoms with Crippen LogP contribution in [0.15, 0.2) is 48.5 Å². The van der Waals surface area contributed by atoms with Crippen LogP contribution < -0.4 is 11.1 Å². The van der Waals surface area contributed by atoms with E-state index in [1.165, 1.54) is 0 Å². The van der Waals surface area contributed by atoms with Gasteiger partial charge in [-0.1, -0.05) is 42.5 Å². The first kappa shape index (κ1) is 16.1. The van der Waals surface area contributed by atoms with E-state index >= 15 is 0 Å². The molecule has 2 aromatic carbocycles. The summed E-state index contributed by atoms with van der Waals surface area (Å²) in [4.78, 5) is 17.3. The SMILES string of the molecule is Cc1cc(C(=O)NCc2cccc(CN)c2)c2cccc(C)c2n1. The number of para-hydroxylation sites is 1. The minimum Gasteiger partial charge on any atom is -0.348 e. The Morgan fingerprint density at radius 1 is 1.08 bits per heavy atom. The Morgan fingerprint density at radius 2 is 1.83 bits per heavy atom. The van der Waals surface area contributed by atoms with Crippen molar-refractivity contribution in [2.24, 2.45) is 5.73 Å². The number of benzene rings is 2. The van der Waals surface area contributed by atoms with Gasteiger partial charge in [0.1, 0.15) is 0 Å². The second-order valence-electron chi connectivity index (χ2n) is 5.99. The molecule has 1 heterocycles. The van der Waals surface area contributed by atoms with Crippen LogP contribution in [0.2, 0.25) is 0 Å². The third kappa shape index (κ3) is 3.29. The van der Waals surface area contributed by atoms with Gasteiger partial charge in [0.15, 0.2) is 0 Å². The number of carbonyl (C=O) groups is 1. The second kappa shape index (κ2) is 6.81. The first-order chi connectivity index (χ1) is 11.6.